The van der Waals surface area contributed by atoms with E-state index in [0.29, 0.717) is 12.8 Å². The maximum atomic E-state index is 11.5. The molecular weight excluding hydrogens is 232 g/mol. The van der Waals surface area contributed by atoms with Crippen LogP contribution in [-0.2, 0) is 9.59 Å². The third-order valence-corrected chi connectivity index (χ3v) is 3.23. The Hall–Kier alpha value is -1.16. The van der Waals surface area contributed by atoms with Gasteiger partial charge >= 0.3 is 0 Å². The standard InChI is InChI=1S/C14H24O4/c1-4-10(3)12(15)8-6-7-9-13(16)11(5-2)14(17)18/h6-7,10-11,13,16H,4-5,8-9H2,1-3H3,(H,17,18)/p-1/b7-6-/t10-,11+,13+/m0/s1. The fourth-order valence-corrected chi connectivity index (χ4v) is 1.62. The molecule has 0 aliphatic carbocycles. The lowest BCUT2D eigenvalue weighted by Crippen LogP contribution is -2.38. The molecule has 0 fully saturated rings. The summed E-state index contributed by atoms with van der Waals surface area (Å²) < 4.78 is 0. The summed E-state index contributed by atoms with van der Waals surface area (Å²) in [6.45, 7) is 5.54. The first kappa shape index (κ1) is 16.8. The zero-order valence-electron chi connectivity index (χ0n) is 11.4. The van der Waals surface area contributed by atoms with E-state index >= 15 is 0 Å². The highest BCUT2D eigenvalue weighted by Crippen LogP contribution is 2.12. The Morgan fingerprint density at radius 3 is 2.28 bits per heavy atom. The lowest BCUT2D eigenvalue weighted by Gasteiger charge is -2.21. The molecule has 0 unspecified atom stereocenters. The summed E-state index contributed by atoms with van der Waals surface area (Å²) in [5.41, 5.74) is 0. The molecule has 18 heavy (non-hydrogen) atoms. The van der Waals surface area contributed by atoms with Crippen LogP contribution in [0.4, 0.5) is 0 Å². The highest BCUT2D eigenvalue weighted by atomic mass is 16.4. The molecule has 0 aromatic heterocycles. The number of aliphatic hydroxyl groups is 1. The molecule has 0 bridgehead atoms. The number of carboxylic acids is 1. The molecule has 0 amide bonds. The first-order valence-corrected chi connectivity index (χ1v) is 6.50. The summed E-state index contributed by atoms with van der Waals surface area (Å²) in [4.78, 5) is 22.2. The average molecular weight is 255 g/mol. The predicted octanol–water partition coefficient (Wildman–Crippen LogP) is 1.07. The molecule has 0 aromatic carbocycles. The van der Waals surface area contributed by atoms with E-state index in [1.807, 2.05) is 13.8 Å². The molecule has 3 atom stereocenters. The van der Waals surface area contributed by atoms with E-state index in [9.17, 15) is 19.8 Å². The molecule has 1 N–H and O–H groups in total. The van der Waals surface area contributed by atoms with Gasteiger partial charge in [-0.2, -0.15) is 0 Å². The molecule has 0 aromatic rings. The third-order valence-electron chi connectivity index (χ3n) is 3.23. The molecule has 0 heterocycles. The van der Waals surface area contributed by atoms with Crippen LogP contribution < -0.4 is 5.11 Å². The van der Waals surface area contributed by atoms with Gasteiger partial charge in [0, 0.05) is 24.2 Å². The van der Waals surface area contributed by atoms with Crippen molar-refractivity contribution in [1.82, 2.24) is 0 Å². The first-order chi connectivity index (χ1) is 8.43. The normalized spacial score (nSPS) is 16.4. The highest BCUT2D eigenvalue weighted by Gasteiger charge is 2.17. The van der Waals surface area contributed by atoms with Crippen molar-refractivity contribution in [3.05, 3.63) is 12.2 Å². The second-order valence-electron chi connectivity index (χ2n) is 4.59. The molecule has 0 rings (SSSR count). The van der Waals surface area contributed by atoms with Crippen LogP contribution in [0.2, 0.25) is 0 Å². The summed E-state index contributed by atoms with van der Waals surface area (Å²) in [6.07, 6.45) is 4.14. The first-order valence-electron chi connectivity index (χ1n) is 6.50. The Kier molecular flexibility index (Phi) is 8.29. The smallest absolute Gasteiger partial charge is 0.139 e. The minimum Gasteiger partial charge on any atom is -0.550 e. The van der Waals surface area contributed by atoms with Crippen molar-refractivity contribution in [1.29, 1.82) is 0 Å². The monoisotopic (exact) mass is 255 g/mol. The number of rotatable bonds is 9. The Morgan fingerprint density at radius 2 is 1.83 bits per heavy atom. The van der Waals surface area contributed by atoms with Gasteiger partial charge in [0.15, 0.2) is 0 Å². The second-order valence-corrected chi connectivity index (χ2v) is 4.59. The van der Waals surface area contributed by atoms with Gasteiger partial charge in [-0.3, -0.25) is 4.79 Å². The van der Waals surface area contributed by atoms with Crippen molar-refractivity contribution in [2.75, 3.05) is 0 Å². The Bertz CT molecular complexity index is 296. The van der Waals surface area contributed by atoms with Crippen LogP contribution in [0.1, 0.15) is 46.5 Å². The Balaban J connectivity index is 4.09. The van der Waals surface area contributed by atoms with Gasteiger partial charge in [-0.1, -0.05) is 32.9 Å². The van der Waals surface area contributed by atoms with Crippen molar-refractivity contribution in [3.8, 4) is 0 Å². The lowest BCUT2D eigenvalue weighted by molar-refractivity contribution is -0.314. The lowest BCUT2D eigenvalue weighted by atomic mass is 9.96. The van der Waals surface area contributed by atoms with Gasteiger partial charge in [0.1, 0.15) is 5.78 Å². The third kappa shape index (κ3) is 5.96. The van der Waals surface area contributed by atoms with E-state index in [2.05, 4.69) is 0 Å². The van der Waals surface area contributed by atoms with E-state index in [0.717, 1.165) is 6.42 Å². The summed E-state index contributed by atoms with van der Waals surface area (Å²) in [5.74, 6) is -1.87. The van der Waals surface area contributed by atoms with Crippen molar-refractivity contribution in [2.45, 2.75) is 52.6 Å². The number of Topliss-reactive ketones (excluding diaryl/α,β-unsaturated/α-hetero) is 1. The Morgan fingerprint density at radius 1 is 1.22 bits per heavy atom. The zero-order valence-corrected chi connectivity index (χ0v) is 11.4. The van der Waals surface area contributed by atoms with E-state index < -0.39 is 18.0 Å². The van der Waals surface area contributed by atoms with Crippen molar-refractivity contribution in [2.24, 2.45) is 11.8 Å². The van der Waals surface area contributed by atoms with Crippen LogP contribution in [0.3, 0.4) is 0 Å². The highest BCUT2D eigenvalue weighted by molar-refractivity contribution is 5.81. The largest absolute Gasteiger partial charge is 0.550 e. The van der Waals surface area contributed by atoms with Crippen LogP contribution >= 0.6 is 0 Å². The number of aliphatic hydroxyl groups excluding tert-OH is 1. The van der Waals surface area contributed by atoms with Crippen LogP contribution in [0.5, 0.6) is 0 Å². The van der Waals surface area contributed by atoms with Gasteiger partial charge in [-0.05, 0) is 19.3 Å². The van der Waals surface area contributed by atoms with Crippen LogP contribution in [0.15, 0.2) is 12.2 Å². The number of carbonyl (C=O) groups excluding carboxylic acids is 2. The molecule has 4 heteroatoms. The SMILES string of the molecule is CC[C@H](C)C(=O)C/C=C\C[C@@H](O)[C@@H](CC)C(=O)[O-]. The average Bonchev–Trinajstić information content (AvgIpc) is 2.33. The summed E-state index contributed by atoms with van der Waals surface area (Å²) >= 11 is 0. The van der Waals surface area contributed by atoms with E-state index in [-0.39, 0.29) is 18.1 Å². The molecule has 0 aliphatic rings. The fraction of sp³-hybridized carbons (Fsp3) is 0.714. The van der Waals surface area contributed by atoms with Crippen molar-refractivity contribution < 1.29 is 19.8 Å². The van der Waals surface area contributed by atoms with Gasteiger partial charge in [-0.25, -0.2) is 0 Å². The van der Waals surface area contributed by atoms with Gasteiger partial charge in [0.25, 0.3) is 0 Å². The summed E-state index contributed by atoms with van der Waals surface area (Å²) in [6, 6.07) is 0. The molecule has 104 valence electrons. The number of carboxylic acid groups (broad SMARTS) is 1. The fourth-order valence-electron chi connectivity index (χ4n) is 1.62. The van der Waals surface area contributed by atoms with Crippen LogP contribution in [0.25, 0.3) is 0 Å². The maximum absolute atomic E-state index is 11.5. The van der Waals surface area contributed by atoms with E-state index in [1.165, 1.54) is 0 Å². The zero-order chi connectivity index (χ0) is 14.1. The van der Waals surface area contributed by atoms with Crippen molar-refractivity contribution >= 4 is 11.8 Å². The minimum atomic E-state index is -1.23. The number of aliphatic carboxylic acids is 1. The van der Waals surface area contributed by atoms with Crippen LogP contribution in [-0.4, -0.2) is 23.0 Å². The van der Waals surface area contributed by atoms with Crippen LogP contribution in [0, 0.1) is 11.8 Å². The molecule has 0 saturated carbocycles. The number of hydrogen-bond donors (Lipinski definition) is 1. The summed E-state index contributed by atoms with van der Waals surface area (Å²) in [7, 11) is 0. The van der Waals surface area contributed by atoms with Gasteiger partial charge < -0.3 is 15.0 Å². The molecular formula is C14H23O4-. The second kappa shape index (κ2) is 8.86. The van der Waals surface area contributed by atoms with E-state index in [4.69, 9.17) is 0 Å². The van der Waals surface area contributed by atoms with Gasteiger partial charge in [0.2, 0.25) is 0 Å². The molecule has 0 saturated heterocycles. The van der Waals surface area contributed by atoms with Crippen molar-refractivity contribution in [3.63, 3.8) is 0 Å². The van der Waals surface area contributed by atoms with Gasteiger partial charge in [0.05, 0.1) is 6.10 Å². The quantitative estimate of drug-likeness (QED) is 0.625. The molecule has 0 radical (unpaired) electrons. The number of hydrogen-bond acceptors (Lipinski definition) is 4. The predicted molar refractivity (Wildman–Crippen MR) is 67.6 cm³/mol. The number of carbonyl (C=O) groups is 2. The van der Waals surface area contributed by atoms with E-state index in [1.54, 1.807) is 19.1 Å². The molecule has 0 aliphatic heterocycles. The topological polar surface area (TPSA) is 77.4 Å². The maximum Gasteiger partial charge on any atom is 0.139 e. The molecule has 4 nitrogen and oxygen atoms in total. The molecule has 0 spiro atoms. The van der Waals surface area contributed by atoms with Gasteiger partial charge in [-0.15, -0.1) is 0 Å². The minimum absolute atomic E-state index is 0.0474. The Labute approximate surface area is 109 Å². The number of ketones is 1. The number of allylic oxidation sites excluding steroid dienone is 1. The summed E-state index contributed by atoms with van der Waals surface area (Å²) in [5, 5.41) is 20.3.